The topological polar surface area (TPSA) is 32.6 Å². The number of hydrogen-bond acceptors (Lipinski definition) is 3. The lowest BCUT2D eigenvalue weighted by Gasteiger charge is -2.03. The van der Waals surface area contributed by atoms with Crippen LogP contribution >= 0.6 is 11.3 Å². The van der Waals surface area contributed by atoms with Crippen LogP contribution in [0.3, 0.4) is 0 Å². The predicted octanol–water partition coefficient (Wildman–Crippen LogP) is 4.17. The molecule has 2 rings (SSSR count). The van der Waals surface area contributed by atoms with Gasteiger partial charge in [-0.05, 0) is 36.1 Å². The lowest BCUT2D eigenvalue weighted by atomic mass is 10.1. The summed E-state index contributed by atoms with van der Waals surface area (Å²) in [5, 5.41) is 11.3. The van der Waals surface area contributed by atoms with Gasteiger partial charge < -0.3 is 5.11 Å². The van der Waals surface area contributed by atoms with E-state index in [0.717, 1.165) is 24.1 Å². The second-order valence-corrected chi connectivity index (χ2v) is 5.38. The van der Waals surface area contributed by atoms with Crippen molar-refractivity contribution in [3.05, 3.63) is 22.4 Å². The fourth-order valence-electron chi connectivity index (χ4n) is 1.77. The van der Waals surface area contributed by atoms with Gasteiger partial charge in [0.15, 0.2) is 0 Å². The zero-order valence-electron chi connectivity index (χ0n) is 10.3. The van der Waals surface area contributed by atoms with Crippen LogP contribution in [0.2, 0.25) is 0 Å². The molecule has 1 aliphatic carbocycles. The van der Waals surface area contributed by atoms with E-state index >= 15 is 0 Å². The minimum atomic E-state index is 0.0627. The first kappa shape index (κ1) is 12.5. The van der Waals surface area contributed by atoms with Crippen LogP contribution in [0.5, 0.6) is 0 Å². The summed E-state index contributed by atoms with van der Waals surface area (Å²) in [5.41, 5.74) is 3.08. The molecule has 2 nitrogen and oxygen atoms in total. The van der Waals surface area contributed by atoms with Crippen molar-refractivity contribution in [1.82, 2.24) is 0 Å². The van der Waals surface area contributed by atoms with Gasteiger partial charge in [-0.3, -0.25) is 4.99 Å². The number of allylic oxidation sites excluding steroid dienone is 1. The molecule has 0 aromatic carbocycles. The molecular formula is C14H19NOS. The standard InChI is InChI=1S/C14H19NOS/c1-3-4-7-15-13-12(8-16)9-17-14(13)10(2)11-5-6-11/h7,9,11,16H,2-6,8H2,1H3. The predicted molar refractivity (Wildman–Crippen MR) is 75.1 cm³/mol. The molecule has 0 spiro atoms. The summed E-state index contributed by atoms with van der Waals surface area (Å²) in [7, 11) is 0. The van der Waals surface area contributed by atoms with E-state index in [9.17, 15) is 5.11 Å². The highest BCUT2D eigenvalue weighted by Gasteiger charge is 2.28. The highest BCUT2D eigenvalue weighted by atomic mass is 32.1. The first-order valence-electron chi connectivity index (χ1n) is 6.20. The Labute approximate surface area is 107 Å². The van der Waals surface area contributed by atoms with Gasteiger partial charge in [-0.15, -0.1) is 11.3 Å². The Balaban J connectivity index is 2.24. The third-order valence-corrected chi connectivity index (χ3v) is 4.10. The van der Waals surface area contributed by atoms with Gasteiger partial charge in [0.25, 0.3) is 0 Å². The summed E-state index contributed by atoms with van der Waals surface area (Å²) < 4.78 is 0. The summed E-state index contributed by atoms with van der Waals surface area (Å²) >= 11 is 1.66. The first-order chi connectivity index (χ1) is 8.27. The van der Waals surface area contributed by atoms with E-state index in [0.29, 0.717) is 5.92 Å². The summed E-state index contributed by atoms with van der Waals surface area (Å²) in [6, 6.07) is 0. The molecule has 0 radical (unpaired) electrons. The van der Waals surface area contributed by atoms with Crippen LogP contribution < -0.4 is 0 Å². The van der Waals surface area contributed by atoms with E-state index in [-0.39, 0.29) is 6.61 Å². The molecule has 92 valence electrons. The van der Waals surface area contributed by atoms with E-state index in [1.54, 1.807) is 11.3 Å². The maximum Gasteiger partial charge on any atom is 0.0863 e. The van der Waals surface area contributed by atoms with E-state index in [2.05, 4.69) is 18.5 Å². The number of aliphatic imine (C=N–C) groups is 1. The zero-order valence-corrected chi connectivity index (χ0v) is 11.1. The van der Waals surface area contributed by atoms with Crippen LogP contribution in [0.1, 0.15) is 43.0 Å². The van der Waals surface area contributed by atoms with Gasteiger partial charge in [-0.25, -0.2) is 0 Å². The van der Waals surface area contributed by atoms with Gasteiger partial charge in [0, 0.05) is 11.8 Å². The maximum absolute atomic E-state index is 9.33. The Hall–Kier alpha value is -0.930. The molecule has 1 aromatic heterocycles. The van der Waals surface area contributed by atoms with Gasteiger partial charge in [0.05, 0.1) is 17.2 Å². The highest BCUT2D eigenvalue weighted by molar-refractivity contribution is 7.11. The molecular weight excluding hydrogens is 230 g/mol. The van der Waals surface area contributed by atoms with E-state index in [4.69, 9.17) is 0 Å². The van der Waals surface area contributed by atoms with Crippen LogP contribution in [-0.2, 0) is 6.61 Å². The summed E-state index contributed by atoms with van der Waals surface area (Å²) in [6.07, 6.45) is 6.54. The quantitative estimate of drug-likeness (QED) is 0.754. The van der Waals surface area contributed by atoms with Crippen molar-refractivity contribution in [3.63, 3.8) is 0 Å². The minimum Gasteiger partial charge on any atom is -0.392 e. The fraction of sp³-hybridized carbons (Fsp3) is 0.500. The molecule has 1 heterocycles. The molecule has 0 bridgehead atoms. The van der Waals surface area contributed by atoms with Crippen LogP contribution in [0, 0.1) is 5.92 Å². The van der Waals surface area contributed by atoms with E-state index in [1.165, 1.54) is 23.3 Å². The van der Waals surface area contributed by atoms with Crippen molar-refractivity contribution >= 4 is 28.8 Å². The Bertz CT molecular complexity index is 429. The van der Waals surface area contributed by atoms with Crippen molar-refractivity contribution in [2.24, 2.45) is 10.9 Å². The minimum absolute atomic E-state index is 0.0627. The Kier molecular flexibility index (Phi) is 4.13. The van der Waals surface area contributed by atoms with Gasteiger partial charge in [0.1, 0.15) is 0 Å². The number of aliphatic hydroxyl groups is 1. The SMILES string of the molecule is C=C(c1scc(CO)c1N=CCCC)C1CC1. The summed E-state index contributed by atoms with van der Waals surface area (Å²) in [4.78, 5) is 5.69. The smallest absolute Gasteiger partial charge is 0.0863 e. The molecule has 17 heavy (non-hydrogen) atoms. The molecule has 1 aromatic rings. The van der Waals surface area contributed by atoms with Crippen molar-refractivity contribution in [1.29, 1.82) is 0 Å². The van der Waals surface area contributed by atoms with E-state index in [1.807, 2.05) is 11.6 Å². The lowest BCUT2D eigenvalue weighted by Crippen LogP contribution is -1.85. The maximum atomic E-state index is 9.33. The van der Waals surface area contributed by atoms with Crippen LogP contribution in [0.25, 0.3) is 5.57 Å². The van der Waals surface area contributed by atoms with Crippen LogP contribution in [0.15, 0.2) is 17.0 Å². The number of aliphatic hydroxyl groups excluding tert-OH is 1. The molecule has 0 amide bonds. The molecule has 0 aliphatic heterocycles. The third-order valence-electron chi connectivity index (χ3n) is 3.01. The molecule has 3 heteroatoms. The molecule has 0 unspecified atom stereocenters. The number of nitrogens with zero attached hydrogens (tertiary/aromatic N) is 1. The van der Waals surface area contributed by atoms with E-state index < -0.39 is 0 Å². The molecule has 1 N–H and O–H groups in total. The van der Waals surface area contributed by atoms with Crippen molar-refractivity contribution in [2.45, 2.75) is 39.2 Å². The van der Waals surface area contributed by atoms with Crippen LogP contribution in [-0.4, -0.2) is 11.3 Å². The van der Waals surface area contributed by atoms with Crippen molar-refractivity contribution in [3.8, 4) is 0 Å². The van der Waals surface area contributed by atoms with Crippen molar-refractivity contribution < 1.29 is 5.11 Å². The highest BCUT2D eigenvalue weighted by Crippen LogP contribution is 2.46. The summed E-state index contributed by atoms with van der Waals surface area (Å²) in [5.74, 6) is 0.653. The average molecular weight is 249 g/mol. The average Bonchev–Trinajstić information content (AvgIpc) is 3.10. The molecule has 1 saturated carbocycles. The second kappa shape index (κ2) is 5.61. The normalized spacial score (nSPS) is 15.6. The van der Waals surface area contributed by atoms with Crippen molar-refractivity contribution in [2.75, 3.05) is 0 Å². The van der Waals surface area contributed by atoms with Crippen LogP contribution in [0.4, 0.5) is 5.69 Å². The monoisotopic (exact) mass is 249 g/mol. The molecule has 1 fully saturated rings. The van der Waals surface area contributed by atoms with Gasteiger partial charge >= 0.3 is 0 Å². The Morgan fingerprint density at radius 1 is 1.65 bits per heavy atom. The zero-order chi connectivity index (χ0) is 12.3. The number of unbranched alkanes of at least 4 members (excludes halogenated alkanes) is 1. The number of rotatable bonds is 6. The van der Waals surface area contributed by atoms with Gasteiger partial charge in [-0.1, -0.05) is 19.9 Å². The summed E-state index contributed by atoms with van der Waals surface area (Å²) in [6.45, 7) is 6.38. The fourth-order valence-corrected chi connectivity index (χ4v) is 2.83. The third kappa shape index (κ3) is 2.85. The largest absolute Gasteiger partial charge is 0.392 e. The Morgan fingerprint density at radius 2 is 2.41 bits per heavy atom. The molecule has 0 atom stereocenters. The van der Waals surface area contributed by atoms with Gasteiger partial charge in [-0.2, -0.15) is 0 Å². The number of thiophene rings is 1. The lowest BCUT2D eigenvalue weighted by molar-refractivity contribution is 0.283. The molecule has 1 aliphatic rings. The number of hydrogen-bond donors (Lipinski definition) is 1. The second-order valence-electron chi connectivity index (χ2n) is 4.50. The van der Waals surface area contributed by atoms with Gasteiger partial charge in [0.2, 0.25) is 0 Å². The Morgan fingerprint density at radius 3 is 3.00 bits per heavy atom. The molecule has 0 saturated heterocycles. The first-order valence-corrected chi connectivity index (χ1v) is 7.08.